The van der Waals surface area contributed by atoms with Crippen LogP contribution in [0.15, 0.2) is 11.6 Å². The lowest BCUT2D eigenvalue weighted by Crippen LogP contribution is -2.45. The second-order valence-electron chi connectivity index (χ2n) is 6.26. The van der Waals surface area contributed by atoms with E-state index in [2.05, 4.69) is 18.8 Å². The number of likely N-dealkylation sites (tertiary alicyclic amines) is 1. The van der Waals surface area contributed by atoms with Gasteiger partial charge in [0.2, 0.25) is 5.91 Å². The quantitative estimate of drug-likeness (QED) is 0.861. The minimum absolute atomic E-state index is 0.144. The highest BCUT2D eigenvalue weighted by Gasteiger charge is 2.41. The number of hydrogen-bond donors (Lipinski definition) is 0. The van der Waals surface area contributed by atoms with Gasteiger partial charge in [0.05, 0.1) is 6.10 Å². The molecule has 3 heterocycles. The maximum Gasteiger partial charge on any atom is 0.222 e. The predicted octanol–water partition coefficient (Wildman–Crippen LogP) is 2.87. The molecule has 0 bridgehead atoms. The number of hydrogen-bond acceptors (Lipinski definition) is 4. The van der Waals surface area contributed by atoms with Crippen LogP contribution in [0.2, 0.25) is 0 Å². The molecule has 4 nitrogen and oxygen atoms in total. The first kappa shape index (κ1) is 14.0. The maximum atomic E-state index is 12.2. The summed E-state index contributed by atoms with van der Waals surface area (Å²) in [6.45, 7) is 5.84. The lowest BCUT2D eigenvalue weighted by Gasteiger charge is -2.34. The van der Waals surface area contributed by atoms with Gasteiger partial charge in [-0.3, -0.25) is 4.79 Å². The summed E-state index contributed by atoms with van der Waals surface area (Å²) >= 11 is 1.66. The van der Waals surface area contributed by atoms with Gasteiger partial charge in [-0.25, -0.2) is 4.98 Å². The van der Waals surface area contributed by atoms with E-state index in [0.717, 1.165) is 30.9 Å². The molecular formula is C15H22N2O2S. The molecule has 2 saturated heterocycles. The Hall–Kier alpha value is -0.940. The van der Waals surface area contributed by atoms with Crippen LogP contribution in [0.25, 0.3) is 0 Å². The zero-order valence-corrected chi connectivity index (χ0v) is 12.9. The van der Waals surface area contributed by atoms with Crippen LogP contribution in [-0.2, 0) is 9.53 Å². The Labute approximate surface area is 124 Å². The van der Waals surface area contributed by atoms with Crippen molar-refractivity contribution in [3.8, 4) is 0 Å². The molecule has 1 amide bonds. The summed E-state index contributed by atoms with van der Waals surface area (Å²) in [5.74, 6) is 1.29. The topological polar surface area (TPSA) is 42.4 Å². The average molecular weight is 294 g/mol. The van der Waals surface area contributed by atoms with Crippen LogP contribution in [0.5, 0.6) is 0 Å². The molecule has 2 aliphatic rings. The Morgan fingerprint density at radius 1 is 1.60 bits per heavy atom. The highest BCUT2D eigenvalue weighted by molar-refractivity contribution is 7.09. The Bertz CT molecular complexity index is 460. The number of carbonyl (C=O) groups is 1. The van der Waals surface area contributed by atoms with Crippen molar-refractivity contribution in [2.24, 2.45) is 11.8 Å². The van der Waals surface area contributed by atoms with Gasteiger partial charge in [0.15, 0.2) is 0 Å². The number of aromatic nitrogens is 1. The van der Waals surface area contributed by atoms with Gasteiger partial charge in [-0.2, -0.15) is 0 Å². The van der Waals surface area contributed by atoms with Gasteiger partial charge < -0.3 is 9.64 Å². The third kappa shape index (κ3) is 2.88. The van der Waals surface area contributed by atoms with Gasteiger partial charge in [0, 0.05) is 31.1 Å². The summed E-state index contributed by atoms with van der Waals surface area (Å²) in [4.78, 5) is 18.5. The van der Waals surface area contributed by atoms with Crippen molar-refractivity contribution in [1.29, 1.82) is 0 Å². The van der Waals surface area contributed by atoms with Crippen LogP contribution in [0.4, 0.5) is 0 Å². The second-order valence-corrected chi connectivity index (χ2v) is 7.18. The van der Waals surface area contributed by atoms with Gasteiger partial charge >= 0.3 is 0 Å². The molecule has 3 atom stereocenters. The first-order valence-corrected chi connectivity index (χ1v) is 8.34. The average Bonchev–Trinajstić information content (AvgIpc) is 3.05. The summed E-state index contributed by atoms with van der Waals surface area (Å²) in [5.41, 5.74) is 0. The van der Waals surface area contributed by atoms with Crippen molar-refractivity contribution in [1.82, 2.24) is 9.88 Å². The molecule has 1 aromatic rings. The number of thiazole rings is 1. The minimum Gasteiger partial charge on any atom is -0.366 e. The largest absolute Gasteiger partial charge is 0.366 e. The molecule has 0 unspecified atom stereocenters. The third-order valence-electron chi connectivity index (χ3n) is 4.21. The van der Waals surface area contributed by atoms with Gasteiger partial charge in [0.1, 0.15) is 11.1 Å². The van der Waals surface area contributed by atoms with E-state index in [1.807, 2.05) is 16.5 Å². The zero-order valence-electron chi connectivity index (χ0n) is 12.1. The van der Waals surface area contributed by atoms with Crippen molar-refractivity contribution in [2.75, 3.05) is 13.1 Å². The van der Waals surface area contributed by atoms with Crippen LogP contribution < -0.4 is 0 Å². The summed E-state index contributed by atoms with van der Waals surface area (Å²) in [6, 6.07) is 0. The van der Waals surface area contributed by atoms with Crippen molar-refractivity contribution in [3.05, 3.63) is 16.6 Å². The van der Waals surface area contributed by atoms with Gasteiger partial charge in [-0.1, -0.05) is 13.8 Å². The molecule has 2 aliphatic heterocycles. The molecule has 0 radical (unpaired) electrons. The van der Waals surface area contributed by atoms with E-state index in [-0.39, 0.29) is 18.1 Å². The normalized spacial score (nSPS) is 29.8. The first-order chi connectivity index (χ1) is 9.63. The van der Waals surface area contributed by atoms with Gasteiger partial charge in [-0.05, 0) is 24.7 Å². The molecule has 2 fully saturated rings. The van der Waals surface area contributed by atoms with E-state index in [0.29, 0.717) is 18.3 Å². The van der Waals surface area contributed by atoms with Crippen molar-refractivity contribution >= 4 is 17.2 Å². The highest BCUT2D eigenvalue weighted by atomic mass is 32.1. The van der Waals surface area contributed by atoms with E-state index in [4.69, 9.17) is 4.74 Å². The van der Waals surface area contributed by atoms with Crippen molar-refractivity contribution in [3.63, 3.8) is 0 Å². The predicted molar refractivity (Wildman–Crippen MR) is 78.5 cm³/mol. The third-order valence-corrected chi connectivity index (χ3v) is 5.08. The molecule has 20 heavy (non-hydrogen) atoms. The molecule has 5 heteroatoms. The fraction of sp³-hybridized carbons (Fsp3) is 0.733. The molecular weight excluding hydrogens is 272 g/mol. The fourth-order valence-corrected chi connectivity index (χ4v) is 3.87. The zero-order chi connectivity index (χ0) is 14.1. The molecule has 0 N–H and O–H groups in total. The Morgan fingerprint density at radius 2 is 2.45 bits per heavy atom. The number of nitrogens with zero attached hydrogens (tertiary/aromatic N) is 2. The highest BCUT2D eigenvalue weighted by Crippen LogP contribution is 2.41. The van der Waals surface area contributed by atoms with Crippen LogP contribution in [-0.4, -0.2) is 35.0 Å². The molecule has 3 rings (SSSR count). The smallest absolute Gasteiger partial charge is 0.222 e. The lowest BCUT2D eigenvalue weighted by molar-refractivity contribution is -0.136. The number of ether oxygens (including phenoxy) is 1. The lowest BCUT2D eigenvalue weighted by atomic mass is 9.91. The first-order valence-electron chi connectivity index (χ1n) is 7.46. The number of rotatable bonds is 3. The van der Waals surface area contributed by atoms with E-state index < -0.39 is 0 Å². The molecule has 0 aromatic carbocycles. The van der Waals surface area contributed by atoms with E-state index in [1.54, 1.807) is 11.3 Å². The number of fused-ring (bicyclic) bond motifs is 1. The Balaban J connectivity index is 1.60. The number of piperidine rings is 1. The molecule has 0 saturated carbocycles. The van der Waals surface area contributed by atoms with Crippen LogP contribution in [0, 0.1) is 11.8 Å². The SMILES string of the molecule is CC(C)CC(=O)N1CC[C@H]2C[C@H](c3nccs3)O[C@@H]2C1. The number of carbonyl (C=O) groups excluding carboxylic acids is 1. The van der Waals surface area contributed by atoms with E-state index >= 15 is 0 Å². The van der Waals surface area contributed by atoms with E-state index in [1.165, 1.54) is 0 Å². The van der Waals surface area contributed by atoms with E-state index in [9.17, 15) is 4.79 Å². The molecule has 1 aromatic heterocycles. The standard InChI is InChI=1S/C15H22N2O2S/c1-10(2)7-14(18)17-5-3-11-8-12(19-13(11)9-17)15-16-4-6-20-15/h4,6,10-13H,3,5,7-9H2,1-2H3/t11-,12+,13+/m0/s1. The van der Waals surface area contributed by atoms with Crippen molar-refractivity contribution in [2.45, 2.75) is 45.3 Å². The van der Waals surface area contributed by atoms with Crippen LogP contribution in [0.1, 0.15) is 44.2 Å². The molecule has 0 spiro atoms. The minimum atomic E-state index is 0.144. The van der Waals surface area contributed by atoms with Gasteiger partial charge in [0.25, 0.3) is 0 Å². The fourth-order valence-electron chi connectivity index (χ4n) is 3.19. The number of amides is 1. The monoisotopic (exact) mass is 294 g/mol. The summed E-state index contributed by atoms with van der Waals surface area (Å²) in [7, 11) is 0. The van der Waals surface area contributed by atoms with Gasteiger partial charge in [-0.15, -0.1) is 11.3 Å². The Morgan fingerprint density at radius 3 is 3.15 bits per heavy atom. The van der Waals surface area contributed by atoms with Crippen molar-refractivity contribution < 1.29 is 9.53 Å². The maximum absolute atomic E-state index is 12.2. The second kappa shape index (κ2) is 5.82. The van der Waals surface area contributed by atoms with Crippen LogP contribution in [0.3, 0.4) is 0 Å². The molecule has 110 valence electrons. The molecule has 0 aliphatic carbocycles. The Kier molecular flexibility index (Phi) is 4.08. The summed E-state index contributed by atoms with van der Waals surface area (Å²) in [6.07, 6.45) is 4.96. The summed E-state index contributed by atoms with van der Waals surface area (Å²) < 4.78 is 6.15. The summed E-state index contributed by atoms with van der Waals surface area (Å²) in [5, 5.41) is 3.08. The van der Waals surface area contributed by atoms with Crippen LogP contribution >= 0.6 is 11.3 Å².